The van der Waals surface area contributed by atoms with Crippen molar-refractivity contribution >= 4 is 11.9 Å². The van der Waals surface area contributed by atoms with E-state index in [1.807, 2.05) is 0 Å². The molecule has 1 aliphatic heterocycles. The fourth-order valence-electron chi connectivity index (χ4n) is 2.18. The maximum Gasteiger partial charge on any atom is 0.340 e. The zero-order chi connectivity index (χ0) is 18.5. The van der Waals surface area contributed by atoms with Gasteiger partial charge in [0, 0.05) is 0 Å². The molecule has 1 aliphatic rings. The average molecular weight is 364 g/mol. The first kappa shape index (κ1) is 18.0. The van der Waals surface area contributed by atoms with Crippen molar-refractivity contribution < 1.29 is 37.3 Å². The Morgan fingerprint density at radius 2 is 1.08 bits per heavy atom. The van der Waals surface area contributed by atoms with E-state index in [1.54, 1.807) is 0 Å². The molecule has 2 atom stereocenters. The number of hydrogen-bond acceptors (Lipinski definition) is 6. The lowest BCUT2D eigenvalue weighted by atomic mass is 10.2. The van der Waals surface area contributed by atoms with E-state index in [4.69, 9.17) is 18.9 Å². The van der Waals surface area contributed by atoms with E-state index >= 15 is 0 Å². The second kappa shape index (κ2) is 8.03. The van der Waals surface area contributed by atoms with Crippen LogP contribution >= 0.6 is 0 Å². The van der Waals surface area contributed by atoms with Crippen LogP contribution in [0.2, 0.25) is 0 Å². The van der Waals surface area contributed by atoms with E-state index < -0.39 is 36.2 Å². The Labute approximate surface area is 147 Å². The Kier molecular flexibility index (Phi) is 5.55. The van der Waals surface area contributed by atoms with Crippen LogP contribution in [0.3, 0.4) is 0 Å². The summed E-state index contributed by atoms with van der Waals surface area (Å²) in [7, 11) is 0. The Hall–Kier alpha value is -2.84. The number of carbonyl (C=O) groups is 2. The van der Waals surface area contributed by atoms with Crippen LogP contribution in [-0.2, 0) is 18.9 Å². The van der Waals surface area contributed by atoms with Crippen molar-refractivity contribution in [1.29, 1.82) is 0 Å². The molecule has 0 bridgehead atoms. The quantitative estimate of drug-likeness (QED) is 0.777. The van der Waals surface area contributed by atoms with Crippen LogP contribution in [0.5, 0.6) is 0 Å². The van der Waals surface area contributed by atoms with Crippen molar-refractivity contribution in [2.45, 2.75) is 12.6 Å². The third-order valence-electron chi connectivity index (χ3n) is 3.48. The lowest BCUT2D eigenvalue weighted by Crippen LogP contribution is -2.44. The highest BCUT2D eigenvalue weighted by atomic mass is 19.1. The zero-order valence-electron chi connectivity index (χ0n) is 13.4. The Morgan fingerprint density at radius 1 is 0.731 bits per heavy atom. The summed E-state index contributed by atoms with van der Waals surface area (Å²) in [6.07, 6.45) is -2.57. The normalized spacial score (nSPS) is 19.6. The smallest absolute Gasteiger partial charge is 0.340 e. The molecular formula is C18H14F2O6. The van der Waals surface area contributed by atoms with E-state index in [9.17, 15) is 18.4 Å². The Morgan fingerprint density at radius 3 is 1.42 bits per heavy atom. The lowest BCUT2D eigenvalue weighted by Gasteiger charge is -2.30. The Bertz CT molecular complexity index is 708. The van der Waals surface area contributed by atoms with Crippen molar-refractivity contribution in [3.05, 3.63) is 71.3 Å². The van der Waals surface area contributed by atoms with Gasteiger partial charge >= 0.3 is 11.9 Å². The molecule has 0 aliphatic carbocycles. The number of halogens is 2. The van der Waals surface area contributed by atoms with Gasteiger partial charge in [-0.1, -0.05) is 0 Å². The molecule has 6 nitrogen and oxygen atoms in total. The molecular weight excluding hydrogens is 350 g/mol. The van der Waals surface area contributed by atoms with Gasteiger partial charge in [-0.25, -0.2) is 18.4 Å². The fraction of sp³-hybridized carbons (Fsp3) is 0.222. The predicted molar refractivity (Wildman–Crippen MR) is 83.1 cm³/mol. The van der Waals surface area contributed by atoms with Crippen LogP contribution < -0.4 is 0 Å². The Balaban J connectivity index is 1.65. The summed E-state index contributed by atoms with van der Waals surface area (Å²) in [5.41, 5.74) is 0.202. The van der Waals surface area contributed by atoms with Gasteiger partial charge in [0.1, 0.15) is 11.6 Å². The standard InChI is InChI=1S/C18H14F2O6/c19-13-5-1-11(2-6-13)15(21)25-17-18(24-10-9-23-17)26-16(22)12-3-7-14(20)8-4-12/h1-8,17-18H,9-10H2/t17-,18+. The summed E-state index contributed by atoms with van der Waals surface area (Å²) < 4.78 is 46.7. The van der Waals surface area contributed by atoms with Crippen LogP contribution in [0, 0.1) is 11.6 Å². The number of benzene rings is 2. The first-order valence-electron chi connectivity index (χ1n) is 7.69. The molecule has 0 radical (unpaired) electrons. The minimum absolute atomic E-state index is 0.101. The van der Waals surface area contributed by atoms with Crippen LogP contribution in [0.15, 0.2) is 48.5 Å². The molecule has 2 aromatic carbocycles. The highest BCUT2D eigenvalue weighted by Gasteiger charge is 2.34. The van der Waals surface area contributed by atoms with Crippen molar-refractivity contribution in [2.24, 2.45) is 0 Å². The second-order valence-corrected chi connectivity index (χ2v) is 5.30. The highest BCUT2D eigenvalue weighted by Crippen LogP contribution is 2.17. The molecule has 1 heterocycles. The SMILES string of the molecule is O=C(O[C@H]1OCCO[C@H]1OC(=O)c1ccc(F)cc1)c1ccc(F)cc1. The average Bonchev–Trinajstić information content (AvgIpc) is 2.64. The van der Waals surface area contributed by atoms with Crippen molar-refractivity contribution in [3.63, 3.8) is 0 Å². The molecule has 8 heteroatoms. The lowest BCUT2D eigenvalue weighted by molar-refractivity contribution is -0.288. The molecule has 1 saturated heterocycles. The number of hydrogen-bond donors (Lipinski definition) is 0. The minimum Gasteiger partial charge on any atom is -0.425 e. The molecule has 0 spiro atoms. The maximum atomic E-state index is 12.9. The molecule has 136 valence electrons. The van der Waals surface area contributed by atoms with E-state index in [0.717, 1.165) is 24.3 Å². The predicted octanol–water partition coefficient (Wildman–Crippen LogP) is 2.68. The van der Waals surface area contributed by atoms with E-state index in [0.29, 0.717) is 0 Å². The molecule has 0 N–H and O–H groups in total. The molecule has 3 rings (SSSR count). The summed E-state index contributed by atoms with van der Waals surface area (Å²) in [4.78, 5) is 24.2. The molecule has 2 aromatic rings. The van der Waals surface area contributed by atoms with Gasteiger partial charge in [-0.2, -0.15) is 0 Å². The highest BCUT2D eigenvalue weighted by molar-refractivity contribution is 5.90. The molecule has 26 heavy (non-hydrogen) atoms. The van der Waals surface area contributed by atoms with E-state index in [1.165, 1.54) is 24.3 Å². The molecule has 0 saturated carbocycles. The van der Waals surface area contributed by atoms with Crippen molar-refractivity contribution in [2.75, 3.05) is 13.2 Å². The van der Waals surface area contributed by atoms with Gasteiger partial charge in [0.05, 0.1) is 24.3 Å². The molecule has 1 fully saturated rings. The maximum absolute atomic E-state index is 12.9. The third kappa shape index (κ3) is 4.41. The summed E-state index contributed by atoms with van der Waals surface area (Å²) in [5, 5.41) is 0. The first-order chi connectivity index (χ1) is 12.5. The second-order valence-electron chi connectivity index (χ2n) is 5.30. The summed E-state index contributed by atoms with van der Waals surface area (Å²) in [6, 6.07) is 9.45. The minimum atomic E-state index is -1.29. The van der Waals surface area contributed by atoms with Gasteiger partial charge in [0.25, 0.3) is 12.6 Å². The summed E-state index contributed by atoms with van der Waals surface area (Å²) >= 11 is 0. The van der Waals surface area contributed by atoms with Crippen molar-refractivity contribution in [3.8, 4) is 0 Å². The van der Waals surface area contributed by atoms with E-state index in [2.05, 4.69) is 0 Å². The van der Waals surface area contributed by atoms with Gasteiger partial charge in [0.15, 0.2) is 0 Å². The van der Waals surface area contributed by atoms with Crippen molar-refractivity contribution in [1.82, 2.24) is 0 Å². The van der Waals surface area contributed by atoms with Crippen LogP contribution in [0.1, 0.15) is 20.7 Å². The van der Waals surface area contributed by atoms with Crippen LogP contribution in [0.4, 0.5) is 8.78 Å². The van der Waals surface area contributed by atoms with Crippen LogP contribution in [0.25, 0.3) is 0 Å². The summed E-state index contributed by atoms with van der Waals surface area (Å²) in [6.45, 7) is 0.262. The number of carbonyl (C=O) groups excluding carboxylic acids is 2. The number of esters is 2. The number of ether oxygens (including phenoxy) is 4. The number of rotatable bonds is 4. The van der Waals surface area contributed by atoms with Gasteiger partial charge in [-0.05, 0) is 48.5 Å². The van der Waals surface area contributed by atoms with Gasteiger partial charge in [-0.15, -0.1) is 0 Å². The van der Waals surface area contributed by atoms with Crippen LogP contribution in [-0.4, -0.2) is 37.7 Å². The van der Waals surface area contributed by atoms with Gasteiger partial charge in [0.2, 0.25) is 0 Å². The summed E-state index contributed by atoms with van der Waals surface area (Å²) in [5.74, 6) is -2.57. The van der Waals surface area contributed by atoms with E-state index in [-0.39, 0.29) is 24.3 Å². The first-order valence-corrected chi connectivity index (χ1v) is 7.69. The largest absolute Gasteiger partial charge is 0.425 e. The molecule has 0 unspecified atom stereocenters. The zero-order valence-corrected chi connectivity index (χ0v) is 13.4. The molecule has 0 amide bonds. The fourth-order valence-corrected chi connectivity index (χ4v) is 2.18. The topological polar surface area (TPSA) is 71.1 Å². The molecule has 0 aromatic heterocycles. The van der Waals surface area contributed by atoms with Gasteiger partial charge in [-0.3, -0.25) is 0 Å². The monoisotopic (exact) mass is 364 g/mol. The van der Waals surface area contributed by atoms with Gasteiger partial charge < -0.3 is 18.9 Å². The third-order valence-corrected chi connectivity index (χ3v) is 3.48.